The van der Waals surface area contributed by atoms with E-state index in [1.54, 1.807) is 12.1 Å². The van der Waals surface area contributed by atoms with Crippen LogP contribution in [0.15, 0.2) is 18.2 Å². The Balaban J connectivity index is 2.04. The van der Waals surface area contributed by atoms with E-state index in [1.807, 2.05) is 19.9 Å². The standard InChI is InChI=1S/C17H23NO5/c1-3-17(4-2,11-16(20)21)18-15(19)10-12-5-6-13-14(9-12)23-8-7-22-13/h5-6,9H,3-4,7-8,10-11H2,1-2H3,(H,18,19)(H,20,21). The molecule has 1 aliphatic heterocycles. The minimum atomic E-state index is -0.909. The Labute approximate surface area is 135 Å². The van der Waals surface area contributed by atoms with Gasteiger partial charge < -0.3 is 19.9 Å². The molecule has 2 rings (SSSR count). The summed E-state index contributed by atoms with van der Waals surface area (Å²) in [5, 5.41) is 12.0. The summed E-state index contributed by atoms with van der Waals surface area (Å²) < 4.78 is 11.0. The Kier molecular flexibility index (Phi) is 5.47. The average Bonchev–Trinajstić information content (AvgIpc) is 2.53. The van der Waals surface area contributed by atoms with Crippen molar-refractivity contribution in [2.75, 3.05) is 13.2 Å². The number of carbonyl (C=O) groups is 2. The van der Waals surface area contributed by atoms with E-state index < -0.39 is 11.5 Å². The van der Waals surface area contributed by atoms with E-state index in [9.17, 15) is 9.59 Å². The topological polar surface area (TPSA) is 84.9 Å². The summed E-state index contributed by atoms with van der Waals surface area (Å²) in [7, 11) is 0. The quantitative estimate of drug-likeness (QED) is 0.804. The van der Waals surface area contributed by atoms with Gasteiger partial charge in [0.1, 0.15) is 13.2 Å². The molecule has 1 aliphatic rings. The van der Waals surface area contributed by atoms with Gasteiger partial charge in [0, 0.05) is 5.54 Å². The van der Waals surface area contributed by atoms with Gasteiger partial charge in [-0.15, -0.1) is 0 Å². The lowest BCUT2D eigenvalue weighted by atomic mass is 9.88. The minimum Gasteiger partial charge on any atom is -0.486 e. The van der Waals surface area contributed by atoms with E-state index in [0.29, 0.717) is 37.6 Å². The van der Waals surface area contributed by atoms with Crippen LogP contribution in [-0.4, -0.2) is 35.7 Å². The molecule has 0 bridgehead atoms. The van der Waals surface area contributed by atoms with Crippen molar-refractivity contribution in [3.8, 4) is 11.5 Å². The van der Waals surface area contributed by atoms with Gasteiger partial charge in [0.05, 0.1) is 12.8 Å². The maximum absolute atomic E-state index is 12.3. The Bertz CT molecular complexity index is 580. The van der Waals surface area contributed by atoms with Crippen LogP contribution >= 0.6 is 0 Å². The van der Waals surface area contributed by atoms with E-state index in [4.69, 9.17) is 14.6 Å². The summed E-state index contributed by atoms with van der Waals surface area (Å²) in [6.45, 7) is 4.79. The molecule has 0 radical (unpaired) electrons. The molecule has 6 nitrogen and oxygen atoms in total. The van der Waals surface area contributed by atoms with Gasteiger partial charge in [0.25, 0.3) is 0 Å². The smallest absolute Gasteiger partial charge is 0.305 e. The van der Waals surface area contributed by atoms with E-state index in [1.165, 1.54) is 0 Å². The number of hydrogen-bond donors (Lipinski definition) is 2. The summed E-state index contributed by atoms with van der Waals surface area (Å²) in [5.74, 6) is 0.229. The van der Waals surface area contributed by atoms with Crippen LogP contribution in [0.3, 0.4) is 0 Å². The van der Waals surface area contributed by atoms with Crippen LogP contribution in [-0.2, 0) is 16.0 Å². The highest BCUT2D eigenvalue weighted by molar-refractivity contribution is 5.80. The zero-order valence-corrected chi connectivity index (χ0v) is 13.6. The maximum atomic E-state index is 12.3. The van der Waals surface area contributed by atoms with Crippen LogP contribution in [0.2, 0.25) is 0 Å². The SMILES string of the molecule is CCC(CC)(CC(=O)O)NC(=O)Cc1ccc2c(c1)OCCO2. The van der Waals surface area contributed by atoms with Gasteiger partial charge in [-0.3, -0.25) is 9.59 Å². The van der Waals surface area contributed by atoms with Crippen LogP contribution in [0, 0.1) is 0 Å². The first-order chi connectivity index (χ1) is 11.0. The molecule has 0 aromatic heterocycles. The molecule has 1 aromatic rings. The van der Waals surface area contributed by atoms with Crippen molar-refractivity contribution in [1.82, 2.24) is 5.32 Å². The van der Waals surface area contributed by atoms with Gasteiger partial charge in [-0.2, -0.15) is 0 Å². The van der Waals surface area contributed by atoms with Crippen molar-refractivity contribution < 1.29 is 24.2 Å². The predicted octanol–water partition coefficient (Wildman–Crippen LogP) is 2.15. The molecule has 0 aliphatic carbocycles. The van der Waals surface area contributed by atoms with Crippen LogP contribution in [0.4, 0.5) is 0 Å². The number of benzene rings is 1. The summed E-state index contributed by atoms with van der Waals surface area (Å²) in [4.78, 5) is 23.4. The van der Waals surface area contributed by atoms with Gasteiger partial charge in [-0.1, -0.05) is 19.9 Å². The van der Waals surface area contributed by atoms with Gasteiger partial charge in [0.2, 0.25) is 5.91 Å². The molecule has 0 saturated carbocycles. The molecule has 126 valence electrons. The van der Waals surface area contributed by atoms with Gasteiger partial charge in [-0.25, -0.2) is 0 Å². The first kappa shape index (κ1) is 17.1. The Morgan fingerprint density at radius 3 is 2.43 bits per heavy atom. The third-order valence-corrected chi connectivity index (χ3v) is 4.22. The molecule has 6 heteroatoms. The Hall–Kier alpha value is -2.24. The molecular weight excluding hydrogens is 298 g/mol. The highest BCUT2D eigenvalue weighted by atomic mass is 16.6. The largest absolute Gasteiger partial charge is 0.486 e. The highest BCUT2D eigenvalue weighted by Gasteiger charge is 2.30. The van der Waals surface area contributed by atoms with Crippen LogP contribution < -0.4 is 14.8 Å². The lowest BCUT2D eigenvalue weighted by Gasteiger charge is -2.31. The highest BCUT2D eigenvalue weighted by Crippen LogP contribution is 2.31. The minimum absolute atomic E-state index is 0.0765. The second kappa shape index (κ2) is 7.35. The van der Waals surface area contributed by atoms with E-state index in [0.717, 1.165) is 5.56 Å². The number of carbonyl (C=O) groups excluding carboxylic acids is 1. The summed E-state index contributed by atoms with van der Waals surface area (Å²) in [6.07, 6.45) is 1.25. The van der Waals surface area contributed by atoms with Gasteiger partial charge in [0.15, 0.2) is 11.5 Å². The number of carboxylic acids is 1. The average molecular weight is 321 g/mol. The third kappa shape index (κ3) is 4.37. The van der Waals surface area contributed by atoms with Crippen molar-refractivity contribution in [2.24, 2.45) is 0 Å². The van der Waals surface area contributed by atoms with Crippen molar-refractivity contribution in [1.29, 1.82) is 0 Å². The van der Waals surface area contributed by atoms with Crippen molar-refractivity contribution in [3.05, 3.63) is 23.8 Å². The number of nitrogens with one attached hydrogen (secondary N) is 1. The Morgan fingerprint density at radius 2 is 1.83 bits per heavy atom. The molecule has 23 heavy (non-hydrogen) atoms. The van der Waals surface area contributed by atoms with Crippen molar-refractivity contribution in [2.45, 2.75) is 45.1 Å². The zero-order valence-electron chi connectivity index (χ0n) is 13.6. The second-order valence-electron chi connectivity index (χ2n) is 5.76. The molecule has 2 N–H and O–H groups in total. The fourth-order valence-corrected chi connectivity index (χ4v) is 2.73. The molecule has 0 spiro atoms. The number of carboxylic acid groups (broad SMARTS) is 1. The number of amides is 1. The monoisotopic (exact) mass is 321 g/mol. The van der Waals surface area contributed by atoms with E-state index >= 15 is 0 Å². The number of aliphatic carboxylic acids is 1. The molecule has 0 fully saturated rings. The van der Waals surface area contributed by atoms with Gasteiger partial charge in [-0.05, 0) is 30.5 Å². The molecule has 0 unspecified atom stereocenters. The fraction of sp³-hybridized carbons (Fsp3) is 0.529. The number of hydrogen-bond acceptors (Lipinski definition) is 4. The summed E-state index contributed by atoms with van der Waals surface area (Å²) in [6, 6.07) is 5.41. The van der Waals surface area contributed by atoms with Crippen molar-refractivity contribution in [3.63, 3.8) is 0 Å². The molecule has 0 atom stereocenters. The van der Waals surface area contributed by atoms with Crippen LogP contribution in [0.25, 0.3) is 0 Å². The second-order valence-corrected chi connectivity index (χ2v) is 5.76. The number of rotatable bonds is 7. The van der Waals surface area contributed by atoms with Crippen LogP contribution in [0.5, 0.6) is 11.5 Å². The van der Waals surface area contributed by atoms with Crippen LogP contribution in [0.1, 0.15) is 38.7 Å². The zero-order chi connectivity index (χ0) is 16.9. The first-order valence-corrected chi connectivity index (χ1v) is 7.89. The number of fused-ring (bicyclic) bond motifs is 1. The van der Waals surface area contributed by atoms with E-state index in [-0.39, 0.29) is 18.7 Å². The molecule has 0 saturated heterocycles. The predicted molar refractivity (Wildman–Crippen MR) is 84.8 cm³/mol. The first-order valence-electron chi connectivity index (χ1n) is 7.89. The van der Waals surface area contributed by atoms with Gasteiger partial charge >= 0.3 is 5.97 Å². The lowest BCUT2D eigenvalue weighted by Crippen LogP contribution is -2.49. The van der Waals surface area contributed by atoms with E-state index in [2.05, 4.69) is 5.32 Å². The summed E-state index contributed by atoms with van der Waals surface area (Å²) >= 11 is 0. The molecule has 1 heterocycles. The maximum Gasteiger partial charge on any atom is 0.305 e. The Morgan fingerprint density at radius 1 is 1.17 bits per heavy atom. The lowest BCUT2D eigenvalue weighted by molar-refractivity contribution is -0.139. The normalized spacial score (nSPS) is 13.5. The summed E-state index contributed by atoms with van der Waals surface area (Å²) in [5.41, 5.74) is 0.111. The van der Waals surface area contributed by atoms with Crippen molar-refractivity contribution >= 4 is 11.9 Å². The number of ether oxygens (including phenoxy) is 2. The fourth-order valence-electron chi connectivity index (χ4n) is 2.73. The third-order valence-electron chi connectivity index (χ3n) is 4.22. The molecule has 1 aromatic carbocycles. The molecule has 1 amide bonds. The molecular formula is C17H23NO5.